The first-order valence-corrected chi connectivity index (χ1v) is 12.0. The van der Waals surface area contributed by atoms with Gasteiger partial charge in [0.15, 0.2) is 17.1 Å². The fraction of sp³-hybridized carbons (Fsp3) is 0.160. The first kappa shape index (κ1) is 24.6. The first-order valence-electron chi connectivity index (χ1n) is 10.6. The number of carbonyl (C=O) groups excluding carboxylic acids is 1. The average molecular weight is 513 g/mol. The highest BCUT2D eigenvalue weighted by atomic mass is 35.5. The fourth-order valence-electron chi connectivity index (χ4n) is 3.30. The van der Waals surface area contributed by atoms with Gasteiger partial charge in [-0.15, -0.1) is 10.2 Å². The number of nitrogens with zero attached hydrogens (tertiary/aromatic N) is 3. The van der Waals surface area contributed by atoms with Gasteiger partial charge in [-0.1, -0.05) is 47.6 Å². The van der Waals surface area contributed by atoms with Gasteiger partial charge in [-0.05, 0) is 49.4 Å². The molecule has 0 spiro atoms. The van der Waals surface area contributed by atoms with Crippen LogP contribution >= 0.6 is 23.4 Å². The first-order chi connectivity index (χ1) is 16.9. The number of ether oxygens (including phenoxy) is 2. The Morgan fingerprint density at radius 2 is 1.86 bits per heavy atom. The second-order valence-electron chi connectivity index (χ2n) is 7.41. The Labute approximate surface area is 211 Å². The highest BCUT2D eigenvalue weighted by Crippen LogP contribution is 2.29. The summed E-state index contributed by atoms with van der Waals surface area (Å²) >= 11 is 7.22. The molecule has 0 radical (unpaired) electrons. The van der Waals surface area contributed by atoms with Crippen LogP contribution in [0.3, 0.4) is 0 Å². The number of anilines is 1. The third-order valence-electron chi connectivity index (χ3n) is 4.93. The molecule has 0 aliphatic heterocycles. The molecule has 0 saturated heterocycles. The molecule has 1 unspecified atom stereocenters. The topological polar surface area (TPSA) is 78.3 Å². The number of amides is 1. The lowest BCUT2D eigenvalue weighted by Gasteiger charge is -2.17. The van der Waals surface area contributed by atoms with Gasteiger partial charge in [-0.25, -0.2) is 4.39 Å². The summed E-state index contributed by atoms with van der Waals surface area (Å²) in [6.07, 6.45) is -0.448. The van der Waals surface area contributed by atoms with Gasteiger partial charge >= 0.3 is 0 Å². The normalized spacial score (nSPS) is 11.7. The molecule has 1 aromatic heterocycles. The molecular formula is C25H22ClFN4O3S. The van der Waals surface area contributed by atoms with E-state index in [9.17, 15) is 9.18 Å². The molecule has 1 heterocycles. The average Bonchev–Trinajstić information content (AvgIpc) is 3.29. The van der Waals surface area contributed by atoms with E-state index in [1.54, 1.807) is 13.2 Å². The SMILES string of the molecule is COc1cccc(OC(C)c2nnc(SCC(=O)Nc3ccc(F)cc3Cl)n2-c2ccccc2)c1. The lowest BCUT2D eigenvalue weighted by atomic mass is 10.3. The third kappa shape index (κ3) is 6.12. The molecule has 0 aliphatic carbocycles. The molecule has 0 saturated carbocycles. The lowest BCUT2D eigenvalue weighted by Crippen LogP contribution is -2.15. The summed E-state index contributed by atoms with van der Waals surface area (Å²) in [4.78, 5) is 12.5. The van der Waals surface area contributed by atoms with E-state index < -0.39 is 11.9 Å². The van der Waals surface area contributed by atoms with Gasteiger partial charge in [0.05, 0.1) is 23.6 Å². The van der Waals surface area contributed by atoms with Crippen molar-refractivity contribution in [2.45, 2.75) is 18.2 Å². The summed E-state index contributed by atoms with van der Waals surface area (Å²) in [6, 6.07) is 20.7. The molecule has 35 heavy (non-hydrogen) atoms. The van der Waals surface area contributed by atoms with E-state index in [0.29, 0.717) is 28.2 Å². The second-order valence-corrected chi connectivity index (χ2v) is 8.76. The van der Waals surface area contributed by atoms with Gasteiger partial charge in [0.25, 0.3) is 0 Å². The van der Waals surface area contributed by atoms with Crippen LogP contribution in [-0.4, -0.2) is 33.5 Å². The number of para-hydroxylation sites is 1. The Balaban J connectivity index is 1.54. The van der Waals surface area contributed by atoms with E-state index in [4.69, 9.17) is 21.1 Å². The zero-order valence-corrected chi connectivity index (χ0v) is 20.5. The van der Waals surface area contributed by atoms with Gasteiger partial charge in [-0.3, -0.25) is 9.36 Å². The summed E-state index contributed by atoms with van der Waals surface area (Å²) in [7, 11) is 1.60. The van der Waals surface area contributed by atoms with Crippen molar-refractivity contribution >= 4 is 35.0 Å². The molecule has 10 heteroatoms. The molecule has 180 valence electrons. The van der Waals surface area contributed by atoms with Crippen LogP contribution in [0.4, 0.5) is 10.1 Å². The van der Waals surface area contributed by atoms with Gasteiger partial charge < -0.3 is 14.8 Å². The molecule has 0 fully saturated rings. The van der Waals surface area contributed by atoms with Crippen LogP contribution in [0.25, 0.3) is 5.69 Å². The smallest absolute Gasteiger partial charge is 0.234 e. The Hall–Kier alpha value is -3.56. The second kappa shape index (κ2) is 11.2. The summed E-state index contributed by atoms with van der Waals surface area (Å²) in [6.45, 7) is 1.88. The van der Waals surface area contributed by atoms with E-state index in [1.165, 1.54) is 23.9 Å². The number of benzene rings is 3. The molecule has 7 nitrogen and oxygen atoms in total. The Morgan fingerprint density at radius 1 is 1.09 bits per heavy atom. The fourth-order valence-corrected chi connectivity index (χ4v) is 4.27. The lowest BCUT2D eigenvalue weighted by molar-refractivity contribution is -0.113. The van der Waals surface area contributed by atoms with Gasteiger partial charge in [0.2, 0.25) is 5.91 Å². The maximum absolute atomic E-state index is 13.3. The number of hydrogen-bond donors (Lipinski definition) is 1. The predicted octanol–water partition coefficient (Wildman–Crippen LogP) is 5.94. The molecule has 0 aliphatic rings. The number of thioether (sulfide) groups is 1. The molecule has 1 N–H and O–H groups in total. The standard InChI is InChI=1S/C25H22ClFN4O3S/c1-16(34-20-10-6-9-19(14-20)33-2)24-29-30-25(31(24)18-7-4-3-5-8-18)35-15-23(32)28-22-12-11-17(27)13-21(22)26/h3-14,16H,15H2,1-2H3,(H,28,32). The van der Waals surface area contributed by atoms with Crippen LogP contribution in [-0.2, 0) is 4.79 Å². The van der Waals surface area contributed by atoms with Crippen molar-refractivity contribution in [1.29, 1.82) is 0 Å². The maximum atomic E-state index is 13.3. The van der Waals surface area contributed by atoms with Crippen LogP contribution in [0.15, 0.2) is 78.0 Å². The van der Waals surface area contributed by atoms with E-state index in [-0.39, 0.29) is 16.7 Å². The van der Waals surface area contributed by atoms with Crippen molar-refractivity contribution in [3.05, 3.63) is 89.5 Å². The van der Waals surface area contributed by atoms with Crippen molar-refractivity contribution < 1.29 is 18.7 Å². The quantitative estimate of drug-likeness (QED) is 0.280. The summed E-state index contributed by atoms with van der Waals surface area (Å²) in [5, 5.41) is 12.0. The molecule has 3 aromatic carbocycles. The zero-order valence-electron chi connectivity index (χ0n) is 18.9. The largest absolute Gasteiger partial charge is 0.497 e. The van der Waals surface area contributed by atoms with E-state index >= 15 is 0 Å². The van der Waals surface area contributed by atoms with E-state index in [2.05, 4.69) is 15.5 Å². The summed E-state index contributed by atoms with van der Waals surface area (Å²) in [5.41, 5.74) is 1.17. The number of rotatable bonds is 9. The molecular weight excluding hydrogens is 491 g/mol. The summed E-state index contributed by atoms with van der Waals surface area (Å²) in [5.74, 6) is 1.14. The Morgan fingerprint density at radius 3 is 2.60 bits per heavy atom. The van der Waals surface area contributed by atoms with Gasteiger partial charge in [0, 0.05) is 11.8 Å². The number of methoxy groups -OCH3 is 1. The molecule has 1 atom stereocenters. The minimum absolute atomic E-state index is 0.0454. The predicted molar refractivity (Wildman–Crippen MR) is 134 cm³/mol. The van der Waals surface area contributed by atoms with Crippen LogP contribution < -0.4 is 14.8 Å². The highest BCUT2D eigenvalue weighted by Gasteiger charge is 2.22. The molecule has 4 aromatic rings. The highest BCUT2D eigenvalue weighted by molar-refractivity contribution is 7.99. The van der Waals surface area contributed by atoms with E-state index in [1.807, 2.05) is 60.0 Å². The number of aromatic nitrogens is 3. The van der Waals surface area contributed by atoms with Crippen molar-refractivity contribution in [3.8, 4) is 17.2 Å². The van der Waals surface area contributed by atoms with Crippen LogP contribution in [0.2, 0.25) is 5.02 Å². The number of carbonyl (C=O) groups is 1. The monoisotopic (exact) mass is 512 g/mol. The number of halogens is 2. The molecule has 0 bridgehead atoms. The summed E-state index contributed by atoms with van der Waals surface area (Å²) < 4.78 is 26.5. The minimum Gasteiger partial charge on any atom is -0.497 e. The van der Waals surface area contributed by atoms with Crippen LogP contribution in [0.5, 0.6) is 11.5 Å². The van der Waals surface area contributed by atoms with Crippen LogP contribution in [0, 0.1) is 5.82 Å². The van der Waals surface area contributed by atoms with Gasteiger partial charge in [0.1, 0.15) is 17.3 Å². The number of nitrogens with one attached hydrogen (secondary N) is 1. The molecule has 1 amide bonds. The van der Waals surface area contributed by atoms with Crippen molar-refractivity contribution in [1.82, 2.24) is 14.8 Å². The maximum Gasteiger partial charge on any atom is 0.234 e. The zero-order chi connectivity index (χ0) is 24.8. The minimum atomic E-state index is -0.476. The van der Waals surface area contributed by atoms with Crippen molar-refractivity contribution in [3.63, 3.8) is 0 Å². The van der Waals surface area contributed by atoms with Crippen molar-refractivity contribution in [2.75, 3.05) is 18.2 Å². The van der Waals surface area contributed by atoms with Crippen LogP contribution in [0.1, 0.15) is 18.9 Å². The molecule has 4 rings (SSSR count). The number of hydrogen-bond acceptors (Lipinski definition) is 6. The Kier molecular flexibility index (Phi) is 7.89. The van der Waals surface area contributed by atoms with Crippen molar-refractivity contribution in [2.24, 2.45) is 0 Å². The Bertz CT molecular complexity index is 1320. The van der Waals surface area contributed by atoms with Gasteiger partial charge in [-0.2, -0.15) is 0 Å². The van der Waals surface area contributed by atoms with E-state index in [0.717, 1.165) is 11.8 Å². The third-order valence-corrected chi connectivity index (χ3v) is 6.17.